The van der Waals surface area contributed by atoms with Gasteiger partial charge in [0, 0.05) is 5.02 Å². The molecule has 9 heteroatoms. The highest BCUT2D eigenvalue weighted by Crippen LogP contribution is 2.29. The third-order valence-electron chi connectivity index (χ3n) is 3.03. The van der Waals surface area contributed by atoms with Crippen molar-refractivity contribution in [2.75, 3.05) is 5.32 Å². The van der Waals surface area contributed by atoms with Crippen molar-refractivity contribution in [2.45, 2.75) is 17.2 Å². The SMILES string of the molecule is C[C@H](Sc1ncnc2nc[nH]c12)C(=O)Nc1ccc(Cl)cc1Cl. The van der Waals surface area contributed by atoms with Crippen LogP contribution in [0.5, 0.6) is 0 Å². The third kappa shape index (κ3) is 3.57. The number of halogens is 2. The standard InChI is InChI=1S/C14H11Cl2N5OS/c1-7(13(22)21-10-3-2-8(15)4-9(10)16)23-14-11-12(18-5-17-11)19-6-20-14/h2-7H,1H3,(H,21,22)(H,17,18,19,20)/t7-/m0/s1. The van der Waals surface area contributed by atoms with Crippen molar-refractivity contribution >= 4 is 57.7 Å². The van der Waals surface area contributed by atoms with E-state index < -0.39 is 0 Å². The van der Waals surface area contributed by atoms with Crippen molar-refractivity contribution in [1.29, 1.82) is 0 Å². The van der Waals surface area contributed by atoms with Gasteiger partial charge in [-0.3, -0.25) is 4.79 Å². The zero-order valence-electron chi connectivity index (χ0n) is 11.9. The Kier molecular flexibility index (Phi) is 4.70. The van der Waals surface area contributed by atoms with Gasteiger partial charge in [0.1, 0.15) is 16.9 Å². The predicted molar refractivity (Wildman–Crippen MR) is 92.1 cm³/mol. The van der Waals surface area contributed by atoms with Crippen molar-refractivity contribution in [2.24, 2.45) is 0 Å². The smallest absolute Gasteiger partial charge is 0.237 e. The maximum Gasteiger partial charge on any atom is 0.237 e. The zero-order valence-corrected chi connectivity index (χ0v) is 14.2. The van der Waals surface area contributed by atoms with Gasteiger partial charge in [0.15, 0.2) is 5.65 Å². The number of nitrogens with zero attached hydrogens (tertiary/aromatic N) is 3. The van der Waals surface area contributed by atoms with Gasteiger partial charge in [0.05, 0.1) is 22.3 Å². The molecule has 0 saturated heterocycles. The molecule has 0 radical (unpaired) electrons. The lowest BCUT2D eigenvalue weighted by atomic mass is 10.3. The second kappa shape index (κ2) is 6.74. The number of carbonyl (C=O) groups excluding carboxylic acids is 1. The summed E-state index contributed by atoms with van der Waals surface area (Å²) >= 11 is 13.2. The first kappa shape index (κ1) is 16.0. The molecule has 3 aromatic rings. The molecule has 0 aliphatic rings. The second-order valence-electron chi connectivity index (χ2n) is 4.65. The van der Waals surface area contributed by atoms with E-state index in [9.17, 15) is 4.79 Å². The minimum Gasteiger partial charge on any atom is -0.341 e. The number of aromatic amines is 1. The fourth-order valence-electron chi connectivity index (χ4n) is 1.88. The Morgan fingerprint density at radius 3 is 2.91 bits per heavy atom. The van der Waals surface area contributed by atoms with Crippen LogP contribution in [0.2, 0.25) is 10.0 Å². The molecule has 0 bridgehead atoms. The van der Waals surface area contributed by atoms with Gasteiger partial charge in [-0.2, -0.15) is 0 Å². The highest BCUT2D eigenvalue weighted by Gasteiger charge is 2.18. The van der Waals surface area contributed by atoms with E-state index in [2.05, 4.69) is 25.3 Å². The number of hydrogen-bond donors (Lipinski definition) is 2. The molecule has 1 amide bonds. The summed E-state index contributed by atoms with van der Waals surface area (Å²) in [4.78, 5) is 27.6. The number of hydrogen-bond acceptors (Lipinski definition) is 5. The molecule has 1 aromatic carbocycles. The summed E-state index contributed by atoms with van der Waals surface area (Å²) in [6, 6.07) is 4.91. The largest absolute Gasteiger partial charge is 0.341 e. The van der Waals surface area contributed by atoms with E-state index in [1.807, 2.05) is 0 Å². The van der Waals surface area contributed by atoms with Crippen LogP contribution >= 0.6 is 35.0 Å². The first-order valence-corrected chi connectivity index (χ1v) is 8.25. The van der Waals surface area contributed by atoms with Crippen LogP contribution in [0.25, 0.3) is 11.2 Å². The third-order valence-corrected chi connectivity index (χ3v) is 4.68. The molecule has 2 heterocycles. The molecule has 0 unspecified atom stereocenters. The molecule has 1 atom stereocenters. The molecular weight excluding hydrogens is 357 g/mol. The van der Waals surface area contributed by atoms with Gasteiger partial charge in [0.2, 0.25) is 5.91 Å². The molecule has 2 aromatic heterocycles. The molecular formula is C14H11Cl2N5OS. The van der Waals surface area contributed by atoms with Crippen LogP contribution in [0.4, 0.5) is 5.69 Å². The Labute approximate surface area is 146 Å². The number of fused-ring (bicyclic) bond motifs is 1. The van der Waals surface area contributed by atoms with Gasteiger partial charge in [-0.25, -0.2) is 15.0 Å². The molecule has 3 rings (SSSR count). The van der Waals surface area contributed by atoms with Crippen molar-refractivity contribution < 1.29 is 4.79 Å². The number of benzene rings is 1. The van der Waals surface area contributed by atoms with E-state index in [4.69, 9.17) is 23.2 Å². The summed E-state index contributed by atoms with van der Waals surface area (Å²) in [5, 5.41) is 3.96. The minimum atomic E-state index is -0.386. The van der Waals surface area contributed by atoms with Gasteiger partial charge < -0.3 is 10.3 Å². The van der Waals surface area contributed by atoms with Crippen molar-refractivity contribution in [1.82, 2.24) is 19.9 Å². The maximum absolute atomic E-state index is 12.3. The summed E-state index contributed by atoms with van der Waals surface area (Å²) in [6.07, 6.45) is 2.97. The number of H-pyrrole nitrogens is 1. The Bertz CT molecular complexity index is 869. The average molecular weight is 368 g/mol. The molecule has 0 aliphatic carbocycles. The number of nitrogens with one attached hydrogen (secondary N) is 2. The van der Waals surface area contributed by atoms with Gasteiger partial charge in [-0.15, -0.1) is 0 Å². The fourth-order valence-corrected chi connectivity index (χ4v) is 3.21. The van der Waals surface area contributed by atoms with Crippen LogP contribution in [0.3, 0.4) is 0 Å². The van der Waals surface area contributed by atoms with E-state index in [-0.39, 0.29) is 11.2 Å². The maximum atomic E-state index is 12.3. The second-order valence-corrected chi connectivity index (χ2v) is 6.83. The molecule has 0 aliphatic heterocycles. The van der Waals surface area contributed by atoms with Crippen LogP contribution < -0.4 is 5.32 Å². The van der Waals surface area contributed by atoms with Crippen molar-refractivity contribution in [3.8, 4) is 0 Å². The Morgan fingerprint density at radius 2 is 2.13 bits per heavy atom. The lowest BCUT2D eigenvalue weighted by Gasteiger charge is -2.12. The Balaban J connectivity index is 1.74. The molecule has 0 saturated carbocycles. The molecule has 0 spiro atoms. The number of aromatic nitrogens is 4. The van der Waals surface area contributed by atoms with Crippen LogP contribution in [0.1, 0.15) is 6.92 Å². The number of carbonyl (C=O) groups is 1. The lowest BCUT2D eigenvalue weighted by molar-refractivity contribution is -0.115. The molecule has 2 N–H and O–H groups in total. The number of thioether (sulfide) groups is 1. The van der Waals surface area contributed by atoms with Gasteiger partial charge in [0.25, 0.3) is 0 Å². The van der Waals surface area contributed by atoms with Crippen LogP contribution in [0.15, 0.2) is 35.9 Å². The number of rotatable bonds is 4. The van der Waals surface area contributed by atoms with Gasteiger partial charge >= 0.3 is 0 Å². The van der Waals surface area contributed by atoms with Crippen LogP contribution in [-0.2, 0) is 4.79 Å². The number of anilines is 1. The first-order chi connectivity index (χ1) is 11.0. The van der Waals surface area contributed by atoms with Crippen LogP contribution in [-0.4, -0.2) is 31.1 Å². The summed E-state index contributed by atoms with van der Waals surface area (Å²) in [5.41, 5.74) is 1.79. The van der Waals surface area contributed by atoms with Crippen molar-refractivity contribution in [3.05, 3.63) is 40.9 Å². The summed E-state index contributed by atoms with van der Waals surface area (Å²) in [5.74, 6) is -0.189. The fraction of sp³-hybridized carbons (Fsp3) is 0.143. The molecule has 6 nitrogen and oxygen atoms in total. The van der Waals surface area contributed by atoms with E-state index >= 15 is 0 Å². The highest BCUT2D eigenvalue weighted by atomic mass is 35.5. The van der Waals surface area contributed by atoms with Crippen molar-refractivity contribution in [3.63, 3.8) is 0 Å². The lowest BCUT2D eigenvalue weighted by Crippen LogP contribution is -2.22. The molecule has 0 fully saturated rings. The molecule has 118 valence electrons. The Hall–Kier alpha value is -1.83. The van der Waals surface area contributed by atoms with Gasteiger partial charge in [-0.05, 0) is 25.1 Å². The molecule has 23 heavy (non-hydrogen) atoms. The monoisotopic (exact) mass is 367 g/mol. The Morgan fingerprint density at radius 1 is 1.30 bits per heavy atom. The quantitative estimate of drug-likeness (QED) is 0.541. The van der Waals surface area contributed by atoms with Gasteiger partial charge in [-0.1, -0.05) is 35.0 Å². The summed E-state index contributed by atoms with van der Waals surface area (Å²) in [7, 11) is 0. The minimum absolute atomic E-state index is 0.189. The van der Waals surface area contributed by atoms with Crippen LogP contribution in [0, 0.1) is 0 Å². The summed E-state index contributed by atoms with van der Waals surface area (Å²) < 4.78 is 0. The highest BCUT2D eigenvalue weighted by molar-refractivity contribution is 8.00. The topological polar surface area (TPSA) is 83.6 Å². The van der Waals surface area contributed by atoms with E-state index in [1.165, 1.54) is 18.1 Å². The first-order valence-electron chi connectivity index (χ1n) is 6.61. The normalized spacial score (nSPS) is 12.3. The zero-order chi connectivity index (χ0) is 16.4. The van der Waals surface area contributed by atoms with E-state index in [1.54, 1.807) is 31.5 Å². The van der Waals surface area contributed by atoms with E-state index in [0.717, 1.165) is 0 Å². The predicted octanol–water partition coefficient (Wildman–Crippen LogP) is 3.78. The summed E-state index contributed by atoms with van der Waals surface area (Å²) in [6.45, 7) is 1.79. The average Bonchev–Trinajstić information content (AvgIpc) is 2.99. The number of imidazole rings is 1. The van der Waals surface area contributed by atoms with E-state index in [0.29, 0.717) is 31.9 Å². The number of amides is 1.